The van der Waals surface area contributed by atoms with Gasteiger partial charge < -0.3 is 10.3 Å². The lowest BCUT2D eigenvalue weighted by atomic mass is 10.4. The van der Waals surface area contributed by atoms with E-state index in [0.29, 0.717) is 18.8 Å². The molecule has 2 aromatic rings. The van der Waals surface area contributed by atoms with Gasteiger partial charge >= 0.3 is 0 Å². The number of anilines is 1. The molecule has 0 radical (unpaired) electrons. The monoisotopic (exact) mass is 295 g/mol. The largest absolute Gasteiger partial charge is 0.370 e. The summed E-state index contributed by atoms with van der Waals surface area (Å²) in [4.78, 5) is 11.2. The van der Waals surface area contributed by atoms with Crippen LogP contribution in [0, 0.1) is 0 Å². The first-order valence-corrected chi connectivity index (χ1v) is 7.78. The third kappa shape index (κ3) is 3.78. The van der Waals surface area contributed by atoms with Crippen LogP contribution in [0.1, 0.15) is 12.7 Å². The number of aromatic amines is 1. The first-order chi connectivity index (χ1) is 9.62. The fourth-order valence-electron chi connectivity index (χ4n) is 1.68. The Bertz CT molecular complexity index is 640. The predicted molar refractivity (Wildman–Crippen MR) is 75.9 cm³/mol. The third-order valence-corrected chi connectivity index (χ3v) is 4.07. The second kappa shape index (κ2) is 6.49. The summed E-state index contributed by atoms with van der Waals surface area (Å²) in [7, 11) is -3.53. The molecular weight excluding hydrogens is 278 g/mol. The van der Waals surface area contributed by atoms with Crippen LogP contribution in [-0.2, 0) is 16.4 Å². The number of pyridine rings is 1. The number of sulfonamides is 1. The molecule has 20 heavy (non-hydrogen) atoms. The highest BCUT2D eigenvalue weighted by atomic mass is 32.2. The van der Waals surface area contributed by atoms with Crippen molar-refractivity contribution in [2.75, 3.05) is 18.4 Å². The summed E-state index contributed by atoms with van der Waals surface area (Å²) in [6, 6.07) is 2.98. The molecule has 0 saturated heterocycles. The molecule has 0 spiro atoms. The molecule has 2 heterocycles. The van der Waals surface area contributed by atoms with Crippen molar-refractivity contribution in [3.05, 3.63) is 36.5 Å². The second-order valence-corrected chi connectivity index (χ2v) is 5.86. The first-order valence-electron chi connectivity index (χ1n) is 6.29. The van der Waals surface area contributed by atoms with E-state index in [1.807, 2.05) is 6.92 Å². The Morgan fingerprint density at radius 3 is 2.85 bits per heavy atom. The van der Waals surface area contributed by atoms with Crippen molar-refractivity contribution in [2.24, 2.45) is 0 Å². The van der Waals surface area contributed by atoms with Gasteiger partial charge in [-0.2, -0.15) is 0 Å². The zero-order valence-electron chi connectivity index (χ0n) is 11.1. The number of rotatable bonds is 7. The van der Waals surface area contributed by atoms with Crippen molar-refractivity contribution in [3.63, 3.8) is 0 Å². The molecule has 108 valence electrons. The van der Waals surface area contributed by atoms with E-state index in [4.69, 9.17) is 0 Å². The fraction of sp³-hybridized carbons (Fsp3) is 0.333. The van der Waals surface area contributed by atoms with E-state index in [0.717, 1.165) is 5.82 Å². The summed E-state index contributed by atoms with van der Waals surface area (Å²) in [5, 5.41) is 2.98. The van der Waals surface area contributed by atoms with Gasteiger partial charge in [0, 0.05) is 44.2 Å². The number of imidazole rings is 1. The molecule has 3 N–H and O–H groups in total. The van der Waals surface area contributed by atoms with Gasteiger partial charge in [0.05, 0.1) is 4.90 Å². The molecule has 0 atom stereocenters. The van der Waals surface area contributed by atoms with E-state index >= 15 is 0 Å². The molecule has 0 aliphatic carbocycles. The molecule has 0 bridgehead atoms. The molecule has 2 rings (SSSR count). The smallest absolute Gasteiger partial charge is 0.240 e. The molecule has 0 aliphatic rings. The molecule has 0 aliphatic heterocycles. The van der Waals surface area contributed by atoms with Gasteiger partial charge in [-0.05, 0) is 13.0 Å². The van der Waals surface area contributed by atoms with E-state index in [-0.39, 0.29) is 11.4 Å². The van der Waals surface area contributed by atoms with Crippen LogP contribution in [0.2, 0.25) is 0 Å². The van der Waals surface area contributed by atoms with Gasteiger partial charge in [-0.25, -0.2) is 23.1 Å². The number of hydrogen-bond donors (Lipinski definition) is 3. The van der Waals surface area contributed by atoms with E-state index in [2.05, 4.69) is 25.0 Å². The van der Waals surface area contributed by atoms with E-state index in [1.54, 1.807) is 12.4 Å². The standard InChI is InChI=1S/C12H17N5O2S/c1-2-13-12-9-10(3-5-14-12)20(18,19)17-6-4-11-15-7-8-16-11/h3,5,7-9,17H,2,4,6H2,1H3,(H,13,14)(H,15,16). The summed E-state index contributed by atoms with van der Waals surface area (Å²) in [6.07, 6.45) is 5.32. The zero-order valence-corrected chi connectivity index (χ0v) is 11.9. The van der Waals surface area contributed by atoms with Gasteiger partial charge in [-0.3, -0.25) is 0 Å². The molecule has 0 unspecified atom stereocenters. The lowest BCUT2D eigenvalue weighted by molar-refractivity contribution is 0.581. The Hall–Kier alpha value is -1.93. The predicted octanol–water partition coefficient (Wildman–Crippen LogP) is 0.757. The van der Waals surface area contributed by atoms with Crippen LogP contribution in [0.15, 0.2) is 35.6 Å². The zero-order chi connectivity index (χ0) is 14.4. The molecule has 0 amide bonds. The van der Waals surface area contributed by atoms with Crippen LogP contribution in [0.4, 0.5) is 5.82 Å². The average molecular weight is 295 g/mol. The van der Waals surface area contributed by atoms with Crippen LogP contribution in [0.5, 0.6) is 0 Å². The molecule has 0 fully saturated rings. The summed E-state index contributed by atoms with van der Waals surface area (Å²) in [5.41, 5.74) is 0. The summed E-state index contributed by atoms with van der Waals surface area (Å²) < 4.78 is 26.8. The highest BCUT2D eigenvalue weighted by molar-refractivity contribution is 7.89. The van der Waals surface area contributed by atoms with Crippen LogP contribution in [0.3, 0.4) is 0 Å². The molecule has 8 heteroatoms. The van der Waals surface area contributed by atoms with E-state index in [9.17, 15) is 8.42 Å². The van der Waals surface area contributed by atoms with Gasteiger partial charge in [-0.15, -0.1) is 0 Å². The highest BCUT2D eigenvalue weighted by Gasteiger charge is 2.14. The Morgan fingerprint density at radius 2 is 2.15 bits per heavy atom. The molecule has 0 aromatic carbocycles. The maximum absolute atomic E-state index is 12.1. The van der Waals surface area contributed by atoms with Crippen molar-refractivity contribution in [1.82, 2.24) is 19.7 Å². The Kier molecular flexibility index (Phi) is 4.70. The maximum atomic E-state index is 12.1. The number of nitrogens with one attached hydrogen (secondary N) is 3. The van der Waals surface area contributed by atoms with Gasteiger partial charge in [-0.1, -0.05) is 0 Å². The van der Waals surface area contributed by atoms with Gasteiger partial charge in [0.15, 0.2) is 0 Å². The Balaban J connectivity index is 2.00. The van der Waals surface area contributed by atoms with Crippen molar-refractivity contribution in [2.45, 2.75) is 18.2 Å². The minimum Gasteiger partial charge on any atom is -0.370 e. The quantitative estimate of drug-likeness (QED) is 0.700. The second-order valence-electron chi connectivity index (χ2n) is 4.09. The number of nitrogens with zero attached hydrogens (tertiary/aromatic N) is 2. The van der Waals surface area contributed by atoms with Gasteiger partial charge in [0.25, 0.3) is 0 Å². The summed E-state index contributed by atoms with van der Waals surface area (Å²) in [6.45, 7) is 2.89. The Morgan fingerprint density at radius 1 is 1.30 bits per heavy atom. The SMILES string of the molecule is CCNc1cc(S(=O)(=O)NCCc2ncc[nH]2)ccn1. The first kappa shape index (κ1) is 14.5. The van der Waals surface area contributed by atoms with Crippen LogP contribution in [-0.4, -0.2) is 36.5 Å². The minimum atomic E-state index is -3.53. The lowest BCUT2D eigenvalue weighted by Gasteiger charge is -2.08. The highest BCUT2D eigenvalue weighted by Crippen LogP contribution is 2.12. The van der Waals surface area contributed by atoms with Crippen LogP contribution < -0.4 is 10.0 Å². The molecular formula is C12H17N5O2S. The number of hydrogen-bond acceptors (Lipinski definition) is 5. The molecule has 2 aromatic heterocycles. The normalized spacial score (nSPS) is 11.4. The fourth-order valence-corrected chi connectivity index (χ4v) is 2.72. The summed E-state index contributed by atoms with van der Waals surface area (Å²) in [5.74, 6) is 1.29. The van der Waals surface area contributed by atoms with E-state index in [1.165, 1.54) is 18.3 Å². The van der Waals surface area contributed by atoms with Crippen molar-refractivity contribution < 1.29 is 8.42 Å². The van der Waals surface area contributed by atoms with Crippen molar-refractivity contribution in [1.29, 1.82) is 0 Å². The lowest BCUT2D eigenvalue weighted by Crippen LogP contribution is -2.26. The third-order valence-electron chi connectivity index (χ3n) is 2.61. The summed E-state index contributed by atoms with van der Waals surface area (Å²) >= 11 is 0. The maximum Gasteiger partial charge on any atom is 0.240 e. The molecule has 0 saturated carbocycles. The minimum absolute atomic E-state index is 0.197. The van der Waals surface area contributed by atoms with Crippen molar-refractivity contribution >= 4 is 15.8 Å². The van der Waals surface area contributed by atoms with Crippen molar-refractivity contribution in [3.8, 4) is 0 Å². The van der Waals surface area contributed by atoms with Gasteiger partial charge in [0.2, 0.25) is 10.0 Å². The van der Waals surface area contributed by atoms with Gasteiger partial charge in [0.1, 0.15) is 11.6 Å². The van der Waals surface area contributed by atoms with E-state index < -0.39 is 10.0 Å². The topological polar surface area (TPSA) is 99.8 Å². The number of aromatic nitrogens is 3. The Labute approximate surface area is 117 Å². The van der Waals surface area contributed by atoms with Crippen LogP contribution >= 0.6 is 0 Å². The number of H-pyrrole nitrogens is 1. The average Bonchev–Trinajstić information content (AvgIpc) is 2.92. The molecule has 7 nitrogen and oxygen atoms in total. The van der Waals surface area contributed by atoms with Crippen LogP contribution in [0.25, 0.3) is 0 Å².